The van der Waals surface area contributed by atoms with Crippen molar-refractivity contribution in [2.45, 2.75) is 24.8 Å². The number of nitrogens with zero attached hydrogens (tertiary/aromatic N) is 3. The van der Waals surface area contributed by atoms with Crippen LogP contribution >= 0.6 is 0 Å². The second-order valence-corrected chi connectivity index (χ2v) is 9.38. The van der Waals surface area contributed by atoms with E-state index in [9.17, 15) is 13.2 Å². The Morgan fingerprint density at radius 2 is 1.52 bits per heavy atom. The first kappa shape index (κ1) is 21.5. The standard InChI is InChI=1S/C22H29N3O3S/c1-3-19-9-11-20(12-10-19)17-23(2)18-22(26)24-13-15-25(16-14-24)29(27,28)21-7-5-4-6-8-21/h4-12H,3,13-18H2,1-2H3. The van der Waals surface area contributed by atoms with Crippen LogP contribution in [-0.2, 0) is 27.8 Å². The van der Waals surface area contributed by atoms with Crippen molar-refractivity contribution in [1.82, 2.24) is 14.1 Å². The number of aryl methyl sites for hydroxylation is 1. The number of rotatable bonds is 7. The van der Waals surface area contributed by atoms with Gasteiger partial charge in [-0.25, -0.2) is 8.42 Å². The summed E-state index contributed by atoms with van der Waals surface area (Å²) in [4.78, 5) is 16.7. The summed E-state index contributed by atoms with van der Waals surface area (Å²) in [5.74, 6) is 0.0365. The minimum Gasteiger partial charge on any atom is -0.339 e. The number of benzene rings is 2. The average Bonchev–Trinajstić information content (AvgIpc) is 2.75. The lowest BCUT2D eigenvalue weighted by molar-refractivity contribution is -0.133. The Balaban J connectivity index is 1.50. The number of sulfonamides is 1. The Bertz CT molecular complexity index is 906. The molecule has 1 fully saturated rings. The molecule has 0 saturated carbocycles. The molecule has 29 heavy (non-hydrogen) atoms. The average molecular weight is 416 g/mol. The largest absolute Gasteiger partial charge is 0.339 e. The third-order valence-electron chi connectivity index (χ3n) is 5.26. The second kappa shape index (κ2) is 9.52. The summed E-state index contributed by atoms with van der Waals surface area (Å²) in [5.41, 5.74) is 2.48. The highest BCUT2D eigenvalue weighted by molar-refractivity contribution is 7.89. The van der Waals surface area contributed by atoms with Crippen LogP contribution in [-0.4, -0.2) is 68.2 Å². The van der Waals surface area contributed by atoms with Crippen LogP contribution < -0.4 is 0 Å². The van der Waals surface area contributed by atoms with Gasteiger partial charge in [0.05, 0.1) is 11.4 Å². The van der Waals surface area contributed by atoms with E-state index in [1.165, 1.54) is 15.4 Å². The van der Waals surface area contributed by atoms with Crippen molar-refractivity contribution in [2.75, 3.05) is 39.8 Å². The number of hydrogen-bond donors (Lipinski definition) is 0. The van der Waals surface area contributed by atoms with Gasteiger partial charge in [-0.15, -0.1) is 0 Å². The van der Waals surface area contributed by atoms with Crippen molar-refractivity contribution in [1.29, 1.82) is 0 Å². The summed E-state index contributed by atoms with van der Waals surface area (Å²) in [6.07, 6.45) is 1.01. The zero-order valence-electron chi connectivity index (χ0n) is 17.1. The van der Waals surface area contributed by atoms with E-state index in [0.717, 1.165) is 6.42 Å². The van der Waals surface area contributed by atoms with Crippen LogP contribution in [0.5, 0.6) is 0 Å². The first-order valence-corrected chi connectivity index (χ1v) is 11.4. The lowest BCUT2D eigenvalue weighted by Gasteiger charge is -2.34. The number of hydrogen-bond acceptors (Lipinski definition) is 4. The van der Waals surface area contributed by atoms with E-state index in [1.54, 1.807) is 35.2 Å². The zero-order valence-corrected chi connectivity index (χ0v) is 17.9. The third-order valence-corrected chi connectivity index (χ3v) is 7.17. The molecule has 6 nitrogen and oxygen atoms in total. The van der Waals surface area contributed by atoms with Gasteiger partial charge < -0.3 is 4.90 Å². The molecule has 0 atom stereocenters. The smallest absolute Gasteiger partial charge is 0.243 e. The number of carbonyl (C=O) groups is 1. The number of amides is 1. The fraction of sp³-hybridized carbons (Fsp3) is 0.409. The maximum Gasteiger partial charge on any atom is 0.243 e. The molecule has 2 aromatic rings. The van der Waals surface area contributed by atoms with Crippen LogP contribution in [0.3, 0.4) is 0 Å². The van der Waals surface area contributed by atoms with E-state index in [4.69, 9.17) is 0 Å². The maximum absolute atomic E-state index is 12.7. The number of carbonyl (C=O) groups excluding carboxylic acids is 1. The van der Waals surface area contributed by atoms with Crippen molar-refractivity contribution < 1.29 is 13.2 Å². The fourth-order valence-electron chi connectivity index (χ4n) is 3.50. The molecule has 0 unspecified atom stereocenters. The lowest BCUT2D eigenvalue weighted by atomic mass is 10.1. The highest BCUT2D eigenvalue weighted by Gasteiger charge is 2.30. The molecule has 0 spiro atoms. The van der Waals surface area contributed by atoms with Crippen molar-refractivity contribution in [3.8, 4) is 0 Å². The van der Waals surface area contributed by atoms with Gasteiger partial charge in [0.25, 0.3) is 0 Å². The maximum atomic E-state index is 12.7. The van der Waals surface area contributed by atoms with Gasteiger partial charge >= 0.3 is 0 Å². The molecule has 0 bridgehead atoms. The van der Waals surface area contributed by atoms with E-state index in [2.05, 4.69) is 31.2 Å². The molecule has 7 heteroatoms. The Kier molecular flexibility index (Phi) is 7.05. The van der Waals surface area contributed by atoms with E-state index >= 15 is 0 Å². The highest BCUT2D eigenvalue weighted by Crippen LogP contribution is 2.17. The molecule has 3 rings (SSSR count). The molecule has 1 amide bonds. The van der Waals surface area contributed by atoms with E-state index < -0.39 is 10.0 Å². The molecule has 2 aromatic carbocycles. The number of likely N-dealkylation sites (N-methyl/N-ethyl adjacent to an activating group) is 1. The Morgan fingerprint density at radius 1 is 0.931 bits per heavy atom. The summed E-state index contributed by atoms with van der Waals surface area (Å²) in [6, 6.07) is 16.9. The van der Waals surface area contributed by atoms with E-state index in [-0.39, 0.29) is 5.91 Å². The molecule has 0 N–H and O–H groups in total. The topological polar surface area (TPSA) is 60.9 Å². The van der Waals surface area contributed by atoms with Crippen molar-refractivity contribution >= 4 is 15.9 Å². The van der Waals surface area contributed by atoms with Gasteiger partial charge in [-0.1, -0.05) is 49.4 Å². The normalized spacial score (nSPS) is 15.6. The quantitative estimate of drug-likeness (QED) is 0.696. The summed E-state index contributed by atoms with van der Waals surface area (Å²) in [7, 11) is -1.56. The first-order chi connectivity index (χ1) is 13.9. The molecule has 0 aromatic heterocycles. The Hall–Kier alpha value is -2.22. The molecular formula is C22H29N3O3S. The van der Waals surface area contributed by atoms with Gasteiger partial charge in [-0.2, -0.15) is 4.31 Å². The monoisotopic (exact) mass is 415 g/mol. The van der Waals surface area contributed by atoms with Crippen LogP contribution in [0, 0.1) is 0 Å². The van der Waals surface area contributed by atoms with Gasteiger partial charge in [-0.3, -0.25) is 9.69 Å². The molecular weight excluding hydrogens is 386 g/mol. The van der Waals surface area contributed by atoms with E-state index in [1.807, 2.05) is 11.9 Å². The summed E-state index contributed by atoms with van der Waals surface area (Å²) < 4.78 is 26.9. The fourth-order valence-corrected chi connectivity index (χ4v) is 4.94. The SMILES string of the molecule is CCc1ccc(CN(C)CC(=O)N2CCN(S(=O)(=O)c3ccccc3)CC2)cc1. The molecule has 1 saturated heterocycles. The highest BCUT2D eigenvalue weighted by atomic mass is 32.2. The molecule has 1 aliphatic rings. The van der Waals surface area contributed by atoms with Crippen molar-refractivity contribution in [3.63, 3.8) is 0 Å². The minimum atomic E-state index is -3.50. The lowest BCUT2D eigenvalue weighted by Crippen LogP contribution is -2.52. The third kappa shape index (κ3) is 5.44. The number of piperazine rings is 1. The first-order valence-electron chi connectivity index (χ1n) is 9.99. The van der Waals surface area contributed by atoms with Crippen LogP contribution in [0.2, 0.25) is 0 Å². The predicted molar refractivity (Wildman–Crippen MR) is 114 cm³/mol. The van der Waals surface area contributed by atoms with Gasteiger partial charge in [0.15, 0.2) is 0 Å². The predicted octanol–water partition coefficient (Wildman–Crippen LogP) is 2.21. The van der Waals surface area contributed by atoms with Crippen LogP contribution in [0.1, 0.15) is 18.1 Å². The molecule has 0 aliphatic carbocycles. The van der Waals surface area contributed by atoms with Crippen molar-refractivity contribution in [3.05, 3.63) is 65.7 Å². The summed E-state index contributed by atoms with van der Waals surface area (Å²) in [6.45, 7) is 4.65. The van der Waals surface area contributed by atoms with Gasteiger partial charge in [0.1, 0.15) is 0 Å². The van der Waals surface area contributed by atoms with Gasteiger partial charge in [0.2, 0.25) is 15.9 Å². The molecule has 1 aliphatic heterocycles. The Morgan fingerprint density at radius 3 is 2.10 bits per heavy atom. The van der Waals surface area contributed by atoms with Crippen LogP contribution in [0.25, 0.3) is 0 Å². The Labute approximate surface area is 173 Å². The van der Waals surface area contributed by atoms with E-state index in [0.29, 0.717) is 44.2 Å². The molecule has 0 radical (unpaired) electrons. The van der Waals surface area contributed by atoms with Crippen LogP contribution in [0.15, 0.2) is 59.5 Å². The zero-order chi connectivity index (χ0) is 20.9. The van der Waals surface area contributed by atoms with Gasteiger partial charge in [0, 0.05) is 32.7 Å². The van der Waals surface area contributed by atoms with Crippen LogP contribution in [0.4, 0.5) is 0 Å². The van der Waals surface area contributed by atoms with Crippen molar-refractivity contribution in [2.24, 2.45) is 0 Å². The summed E-state index contributed by atoms with van der Waals surface area (Å²) in [5, 5.41) is 0. The second-order valence-electron chi connectivity index (χ2n) is 7.44. The molecule has 1 heterocycles. The summed E-state index contributed by atoms with van der Waals surface area (Å²) >= 11 is 0. The van der Waals surface area contributed by atoms with Gasteiger partial charge in [-0.05, 0) is 36.7 Å². The minimum absolute atomic E-state index is 0.0365. The molecule has 156 valence electrons.